The zero-order valence-corrected chi connectivity index (χ0v) is 21.5. The van der Waals surface area contributed by atoms with E-state index in [0.29, 0.717) is 0 Å². The molecule has 6 rings (SSSR count). The van der Waals surface area contributed by atoms with Crippen LogP contribution in [0.3, 0.4) is 0 Å². The fourth-order valence-corrected chi connectivity index (χ4v) is 4.56. The smallest absolute Gasteiger partial charge is 0.0160 e. The molecule has 3 aromatic carbocycles. The van der Waals surface area contributed by atoms with E-state index in [0.717, 1.165) is 22.5 Å². The normalized spacial score (nSPS) is 12.4. The Balaban J connectivity index is 0.000000180. The minimum absolute atomic E-state index is 0. The topological polar surface area (TPSA) is 25.8 Å². The Morgan fingerprint density at radius 3 is 1.97 bits per heavy atom. The second kappa shape index (κ2) is 10.3. The maximum absolute atomic E-state index is 4.52. The number of aromatic nitrogens is 2. The molecule has 0 N–H and O–H groups in total. The summed E-state index contributed by atoms with van der Waals surface area (Å²) in [5.74, 6) is 0. The van der Waals surface area contributed by atoms with Crippen LogP contribution in [0.1, 0.15) is 25.0 Å². The number of pyridine rings is 2. The second-order valence-corrected chi connectivity index (χ2v) is 8.52. The average Bonchev–Trinajstić information content (AvgIpc) is 3.13. The fourth-order valence-electron chi connectivity index (χ4n) is 4.56. The average molecular weight is 617 g/mol. The summed E-state index contributed by atoms with van der Waals surface area (Å²) in [5.41, 5.74) is 9.48. The van der Waals surface area contributed by atoms with Crippen LogP contribution in [0.25, 0.3) is 33.6 Å². The van der Waals surface area contributed by atoms with Gasteiger partial charge in [0.1, 0.15) is 0 Å². The molecule has 0 amide bonds. The molecule has 1 aliphatic carbocycles. The molecule has 2 nitrogen and oxygen atoms in total. The van der Waals surface area contributed by atoms with Crippen molar-refractivity contribution >= 4 is 0 Å². The maximum Gasteiger partial charge on any atom is 0.0160 e. The molecule has 0 saturated carbocycles. The summed E-state index contributed by atoms with van der Waals surface area (Å²) < 4.78 is 0. The molecule has 34 heavy (non-hydrogen) atoms. The van der Waals surface area contributed by atoms with Crippen LogP contribution in [-0.2, 0) is 25.5 Å². The molecule has 2 aromatic heterocycles. The second-order valence-electron chi connectivity index (χ2n) is 8.52. The zero-order chi connectivity index (χ0) is 22.7. The van der Waals surface area contributed by atoms with E-state index >= 15 is 0 Å². The van der Waals surface area contributed by atoms with Gasteiger partial charge in [0.2, 0.25) is 0 Å². The first-order chi connectivity index (χ1) is 16.2. The Bertz CT molecular complexity index is 1330. The van der Waals surface area contributed by atoms with Crippen molar-refractivity contribution in [3.05, 3.63) is 133 Å². The molecular weight excluding hydrogens is 593 g/mol. The van der Waals surface area contributed by atoms with E-state index in [1.165, 1.54) is 22.3 Å². The zero-order valence-electron chi connectivity index (χ0n) is 19.1. The summed E-state index contributed by atoms with van der Waals surface area (Å²) in [6, 6.07) is 39.1. The van der Waals surface area contributed by atoms with Gasteiger partial charge in [0.15, 0.2) is 0 Å². The molecule has 0 atom stereocenters. The van der Waals surface area contributed by atoms with Gasteiger partial charge in [-0.05, 0) is 40.1 Å². The van der Waals surface area contributed by atoms with Crippen molar-refractivity contribution in [1.82, 2.24) is 9.97 Å². The van der Waals surface area contributed by atoms with Crippen LogP contribution in [0, 0.1) is 12.1 Å². The van der Waals surface area contributed by atoms with Gasteiger partial charge in [0, 0.05) is 32.5 Å². The Labute approximate surface area is 215 Å². The van der Waals surface area contributed by atoms with Crippen LogP contribution < -0.4 is 0 Å². The molecule has 1 radical (unpaired) electrons. The quantitative estimate of drug-likeness (QED) is 0.193. The van der Waals surface area contributed by atoms with Crippen molar-refractivity contribution in [3.8, 4) is 33.6 Å². The third kappa shape index (κ3) is 4.50. The van der Waals surface area contributed by atoms with Gasteiger partial charge in [0.25, 0.3) is 0 Å². The van der Waals surface area contributed by atoms with Crippen LogP contribution in [0.15, 0.2) is 109 Å². The van der Waals surface area contributed by atoms with Crippen molar-refractivity contribution in [2.24, 2.45) is 0 Å². The Hall–Kier alpha value is -3.39. The van der Waals surface area contributed by atoms with Crippen LogP contribution >= 0.6 is 0 Å². The van der Waals surface area contributed by atoms with Gasteiger partial charge >= 0.3 is 0 Å². The summed E-state index contributed by atoms with van der Waals surface area (Å²) in [6.45, 7) is 4.58. The third-order valence-corrected chi connectivity index (χ3v) is 6.08. The van der Waals surface area contributed by atoms with E-state index < -0.39 is 0 Å². The van der Waals surface area contributed by atoms with E-state index in [-0.39, 0.29) is 25.5 Å². The van der Waals surface area contributed by atoms with E-state index in [9.17, 15) is 0 Å². The molecule has 0 saturated heterocycles. The number of fused-ring (bicyclic) bond motifs is 3. The molecule has 0 unspecified atom stereocenters. The number of hydrogen-bond acceptors (Lipinski definition) is 2. The third-order valence-electron chi connectivity index (χ3n) is 6.08. The van der Waals surface area contributed by atoms with Crippen molar-refractivity contribution in [1.29, 1.82) is 0 Å². The van der Waals surface area contributed by atoms with Gasteiger partial charge in [0.05, 0.1) is 0 Å². The first-order valence-electron chi connectivity index (χ1n) is 11.1. The van der Waals surface area contributed by atoms with Crippen molar-refractivity contribution in [2.75, 3.05) is 0 Å². The summed E-state index contributed by atoms with van der Waals surface area (Å²) in [7, 11) is 0. The van der Waals surface area contributed by atoms with Gasteiger partial charge < -0.3 is 9.97 Å². The summed E-state index contributed by atoms with van der Waals surface area (Å²) in [6.07, 6.45) is 3.63. The minimum Gasteiger partial charge on any atom is -0.305 e. The predicted octanol–water partition coefficient (Wildman–Crippen LogP) is 7.40. The number of benzene rings is 3. The molecule has 0 spiro atoms. The summed E-state index contributed by atoms with van der Waals surface area (Å²) in [5, 5.41) is 0. The fraction of sp³-hybridized carbons (Fsp3) is 0.0968. The first-order valence-corrected chi connectivity index (χ1v) is 11.1. The molecular formula is C31H24IrN2-2. The van der Waals surface area contributed by atoms with Crippen LogP contribution in [0.4, 0.5) is 0 Å². The van der Waals surface area contributed by atoms with E-state index in [1.54, 1.807) is 6.20 Å². The Morgan fingerprint density at radius 2 is 1.29 bits per heavy atom. The summed E-state index contributed by atoms with van der Waals surface area (Å²) >= 11 is 0. The monoisotopic (exact) mass is 617 g/mol. The molecule has 2 heterocycles. The Kier molecular flexibility index (Phi) is 7.17. The minimum atomic E-state index is -0.0173. The van der Waals surface area contributed by atoms with Gasteiger partial charge in [-0.15, -0.1) is 65.2 Å². The number of hydrogen-bond donors (Lipinski definition) is 0. The number of rotatable bonds is 2. The van der Waals surface area contributed by atoms with Gasteiger partial charge in [-0.25, -0.2) is 0 Å². The Morgan fingerprint density at radius 1 is 0.618 bits per heavy atom. The van der Waals surface area contributed by atoms with Gasteiger partial charge in [-0.2, -0.15) is 0 Å². The summed E-state index contributed by atoms with van der Waals surface area (Å²) in [4.78, 5) is 8.74. The van der Waals surface area contributed by atoms with Crippen molar-refractivity contribution < 1.29 is 20.1 Å². The largest absolute Gasteiger partial charge is 0.305 e. The first kappa shape index (κ1) is 23.8. The van der Waals surface area contributed by atoms with Crippen LogP contribution in [0.2, 0.25) is 0 Å². The van der Waals surface area contributed by atoms with E-state index in [2.05, 4.69) is 72.3 Å². The molecule has 0 fully saturated rings. The standard InChI is InChI=1S/C20H16N.C11H8N.Ir/c1-20(2)17-11-4-3-8-14(17)15-9-7-10-16(19(15)20)18-12-5-6-13-21-18;1-2-6-10(7-3-1)11-8-4-5-9-12-11;/h3-9,11-13H,1-2H3;1-6,8-9H;/q2*-1;. The molecule has 1 aliphatic rings. The molecule has 169 valence electrons. The van der Waals surface area contributed by atoms with Crippen LogP contribution in [-0.4, -0.2) is 9.97 Å². The predicted molar refractivity (Wildman–Crippen MR) is 135 cm³/mol. The number of nitrogens with zero attached hydrogens (tertiary/aromatic N) is 2. The molecule has 3 heteroatoms. The maximum atomic E-state index is 4.52. The molecule has 0 aliphatic heterocycles. The van der Waals surface area contributed by atoms with Crippen molar-refractivity contribution in [3.63, 3.8) is 0 Å². The van der Waals surface area contributed by atoms with Gasteiger partial charge in [-0.3, -0.25) is 0 Å². The molecule has 0 bridgehead atoms. The molecule has 5 aromatic rings. The van der Waals surface area contributed by atoms with E-state index in [1.807, 2.05) is 66.9 Å². The van der Waals surface area contributed by atoms with Crippen molar-refractivity contribution in [2.45, 2.75) is 19.3 Å². The van der Waals surface area contributed by atoms with Gasteiger partial charge in [-0.1, -0.05) is 67.9 Å². The SMILES string of the molecule is CC1(C)c2ccccc2-c2cc[c-]c(-c3ccccn3)c21.[Ir].[c-]1ccccc1-c1ccccn1. The van der Waals surface area contributed by atoms with Crippen LogP contribution in [0.5, 0.6) is 0 Å². The van der Waals surface area contributed by atoms with E-state index in [4.69, 9.17) is 0 Å².